The Bertz CT molecular complexity index is 258. The number of rotatable bonds is 6. The first-order valence-corrected chi connectivity index (χ1v) is 6.36. The van der Waals surface area contributed by atoms with Gasteiger partial charge in [-0.3, -0.25) is 0 Å². The molecule has 0 aliphatic carbocycles. The van der Waals surface area contributed by atoms with Gasteiger partial charge in [0.15, 0.2) is 0 Å². The molecule has 1 rings (SSSR count). The van der Waals surface area contributed by atoms with Crippen molar-refractivity contribution in [1.29, 1.82) is 0 Å². The van der Waals surface area contributed by atoms with Crippen LogP contribution in [0.15, 0.2) is 24.3 Å². The van der Waals surface area contributed by atoms with E-state index >= 15 is 0 Å². The van der Waals surface area contributed by atoms with Crippen molar-refractivity contribution in [2.75, 3.05) is 0 Å². The molecule has 0 amide bonds. The highest BCUT2D eigenvalue weighted by atomic mass is 14.1. The summed E-state index contributed by atoms with van der Waals surface area (Å²) in [6.07, 6.45) is 6.41. The van der Waals surface area contributed by atoms with Gasteiger partial charge in [-0.2, -0.15) is 0 Å². The minimum atomic E-state index is 0.718. The van der Waals surface area contributed by atoms with E-state index in [4.69, 9.17) is 0 Å². The number of hydrogen-bond donors (Lipinski definition) is 0. The number of hydrogen-bond acceptors (Lipinski definition) is 0. The zero-order chi connectivity index (χ0) is 11.1. The van der Waals surface area contributed by atoms with Crippen molar-refractivity contribution < 1.29 is 0 Å². The number of aryl methyl sites for hydroxylation is 1. The van der Waals surface area contributed by atoms with E-state index in [-0.39, 0.29) is 0 Å². The average Bonchev–Trinajstić information content (AvgIpc) is 2.27. The fourth-order valence-corrected chi connectivity index (χ4v) is 1.99. The molecule has 0 fully saturated rings. The van der Waals surface area contributed by atoms with Crippen molar-refractivity contribution in [2.45, 2.75) is 58.8 Å². The van der Waals surface area contributed by atoms with Crippen LogP contribution in [-0.2, 0) is 6.42 Å². The SMILES string of the molecule is CCCCc1ccc(C(C)CCC)cc1. The molecule has 0 heteroatoms. The minimum Gasteiger partial charge on any atom is -0.0654 e. The van der Waals surface area contributed by atoms with E-state index in [0.717, 1.165) is 5.92 Å². The Hall–Kier alpha value is -0.780. The van der Waals surface area contributed by atoms with Crippen LogP contribution in [0.3, 0.4) is 0 Å². The second-order valence-electron chi connectivity index (χ2n) is 4.53. The van der Waals surface area contributed by atoms with E-state index in [1.807, 2.05) is 0 Å². The average molecular weight is 204 g/mol. The van der Waals surface area contributed by atoms with Gasteiger partial charge in [-0.05, 0) is 36.3 Å². The van der Waals surface area contributed by atoms with Gasteiger partial charge in [0.1, 0.15) is 0 Å². The summed E-state index contributed by atoms with van der Waals surface area (Å²) >= 11 is 0. The summed E-state index contributed by atoms with van der Waals surface area (Å²) in [6, 6.07) is 9.23. The molecule has 0 saturated heterocycles. The van der Waals surface area contributed by atoms with Crippen LogP contribution in [0, 0.1) is 0 Å². The predicted octanol–water partition coefficient (Wildman–Crippen LogP) is 4.93. The van der Waals surface area contributed by atoms with Crippen LogP contribution in [0.5, 0.6) is 0 Å². The second kappa shape index (κ2) is 6.66. The molecule has 0 aromatic heterocycles. The first kappa shape index (κ1) is 12.3. The standard InChI is InChI=1S/C15H24/c1-4-6-8-14-9-11-15(12-10-14)13(3)7-5-2/h9-13H,4-8H2,1-3H3. The van der Waals surface area contributed by atoms with Crippen LogP contribution in [0.4, 0.5) is 0 Å². The third-order valence-corrected chi connectivity index (χ3v) is 3.09. The molecule has 0 radical (unpaired) electrons. The van der Waals surface area contributed by atoms with Crippen molar-refractivity contribution in [3.05, 3.63) is 35.4 Å². The molecule has 15 heavy (non-hydrogen) atoms. The molecule has 0 nitrogen and oxygen atoms in total. The third-order valence-electron chi connectivity index (χ3n) is 3.09. The van der Waals surface area contributed by atoms with E-state index < -0.39 is 0 Å². The predicted molar refractivity (Wildman–Crippen MR) is 68.4 cm³/mol. The molecular weight excluding hydrogens is 180 g/mol. The lowest BCUT2D eigenvalue weighted by Gasteiger charge is -2.11. The van der Waals surface area contributed by atoms with Crippen LogP contribution in [-0.4, -0.2) is 0 Å². The molecule has 1 aromatic carbocycles. The quantitative estimate of drug-likeness (QED) is 0.616. The zero-order valence-corrected chi connectivity index (χ0v) is 10.4. The fourth-order valence-electron chi connectivity index (χ4n) is 1.99. The van der Waals surface area contributed by atoms with Crippen molar-refractivity contribution in [3.63, 3.8) is 0 Å². The van der Waals surface area contributed by atoms with Gasteiger partial charge in [-0.15, -0.1) is 0 Å². The lowest BCUT2D eigenvalue weighted by molar-refractivity contribution is 0.664. The molecule has 1 atom stereocenters. The van der Waals surface area contributed by atoms with Gasteiger partial charge in [0.25, 0.3) is 0 Å². The van der Waals surface area contributed by atoms with Gasteiger partial charge < -0.3 is 0 Å². The Kier molecular flexibility index (Phi) is 5.45. The summed E-state index contributed by atoms with van der Waals surface area (Å²) in [7, 11) is 0. The Balaban J connectivity index is 2.55. The van der Waals surface area contributed by atoms with E-state index in [1.165, 1.54) is 43.2 Å². The molecule has 0 saturated carbocycles. The maximum absolute atomic E-state index is 2.32. The first-order chi connectivity index (χ1) is 7.27. The largest absolute Gasteiger partial charge is 0.0654 e. The molecule has 0 N–H and O–H groups in total. The lowest BCUT2D eigenvalue weighted by atomic mass is 9.95. The van der Waals surface area contributed by atoms with Crippen molar-refractivity contribution >= 4 is 0 Å². The molecule has 1 aromatic rings. The first-order valence-electron chi connectivity index (χ1n) is 6.36. The number of unbranched alkanes of at least 4 members (excludes halogenated alkanes) is 1. The maximum Gasteiger partial charge on any atom is -0.0190 e. The van der Waals surface area contributed by atoms with Crippen molar-refractivity contribution in [3.8, 4) is 0 Å². The molecule has 0 spiro atoms. The van der Waals surface area contributed by atoms with E-state index in [2.05, 4.69) is 45.0 Å². The lowest BCUT2D eigenvalue weighted by Crippen LogP contribution is -1.93. The van der Waals surface area contributed by atoms with Crippen LogP contribution < -0.4 is 0 Å². The fraction of sp³-hybridized carbons (Fsp3) is 0.600. The molecule has 0 heterocycles. The Morgan fingerprint density at radius 1 is 1.00 bits per heavy atom. The highest BCUT2D eigenvalue weighted by Crippen LogP contribution is 2.21. The van der Waals surface area contributed by atoms with E-state index in [0.29, 0.717) is 0 Å². The Morgan fingerprint density at radius 2 is 1.67 bits per heavy atom. The summed E-state index contributed by atoms with van der Waals surface area (Å²) in [5.74, 6) is 0.718. The minimum absolute atomic E-state index is 0.718. The van der Waals surface area contributed by atoms with E-state index in [9.17, 15) is 0 Å². The normalized spacial score (nSPS) is 12.7. The Morgan fingerprint density at radius 3 is 2.20 bits per heavy atom. The van der Waals surface area contributed by atoms with E-state index in [1.54, 1.807) is 0 Å². The molecule has 1 unspecified atom stereocenters. The van der Waals surface area contributed by atoms with Gasteiger partial charge in [-0.25, -0.2) is 0 Å². The molecule has 84 valence electrons. The monoisotopic (exact) mass is 204 g/mol. The molecule has 0 aliphatic heterocycles. The third kappa shape index (κ3) is 4.07. The van der Waals surface area contributed by atoms with Gasteiger partial charge in [-0.1, -0.05) is 57.9 Å². The van der Waals surface area contributed by atoms with Crippen LogP contribution in [0.2, 0.25) is 0 Å². The van der Waals surface area contributed by atoms with Crippen LogP contribution in [0.25, 0.3) is 0 Å². The molecule has 0 bridgehead atoms. The van der Waals surface area contributed by atoms with Crippen LogP contribution >= 0.6 is 0 Å². The Labute approximate surface area is 94.7 Å². The van der Waals surface area contributed by atoms with Gasteiger partial charge >= 0.3 is 0 Å². The summed E-state index contributed by atoms with van der Waals surface area (Å²) < 4.78 is 0. The summed E-state index contributed by atoms with van der Waals surface area (Å²) in [4.78, 5) is 0. The maximum atomic E-state index is 2.32. The highest BCUT2D eigenvalue weighted by molar-refractivity contribution is 5.25. The van der Waals surface area contributed by atoms with Gasteiger partial charge in [0, 0.05) is 0 Å². The summed E-state index contributed by atoms with van der Waals surface area (Å²) in [5, 5.41) is 0. The summed E-state index contributed by atoms with van der Waals surface area (Å²) in [5.41, 5.74) is 2.99. The number of benzene rings is 1. The molecule has 0 aliphatic rings. The van der Waals surface area contributed by atoms with Gasteiger partial charge in [0.05, 0.1) is 0 Å². The highest BCUT2D eigenvalue weighted by Gasteiger charge is 2.03. The second-order valence-corrected chi connectivity index (χ2v) is 4.53. The van der Waals surface area contributed by atoms with Gasteiger partial charge in [0.2, 0.25) is 0 Å². The van der Waals surface area contributed by atoms with Crippen LogP contribution in [0.1, 0.15) is 63.5 Å². The topological polar surface area (TPSA) is 0 Å². The van der Waals surface area contributed by atoms with Crippen molar-refractivity contribution in [2.24, 2.45) is 0 Å². The summed E-state index contributed by atoms with van der Waals surface area (Å²) in [6.45, 7) is 6.83. The molecular formula is C15H24. The van der Waals surface area contributed by atoms with Crippen molar-refractivity contribution in [1.82, 2.24) is 0 Å². The smallest absolute Gasteiger partial charge is 0.0190 e. The zero-order valence-electron chi connectivity index (χ0n) is 10.4.